The summed E-state index contributed by atoms with van der Waals surface area (Å²) < 4.78 is 11.3. The minimum Gasteiger partial charge on any atom is -0.492 e. The molecule has 1 unspecified atom stereocenters. The molecule has 0 bridgehead atoms. The number of nitrogens with two attached hydrogens (primary N) is 2. The van der Waals surface area contributed by atoms with Crippen LogP contribution < -0.4 is 32.2 Å². The van der Waals surface area contributed by atoms with Crippen molar-refractivity contribution in [3.05, 3.63) is 167 Å². The molecule has 0 saturated heterocycles. The highest BCUT2D eigenvalue weighted by molar-refractivity contribution is 8.00. The van der Waals surface area contributed by atoms with E-state index in [0.717, 1.165) is 27.8 Å². The fourth-order valence-corrected chi connectivity index (χ4v) is 8.63. The molecule has 0 fully saturated rings. The van der Waals surface area contributed by atoms with Gasteiger partial charge < -0.3 is 36.9 Å². The molecule has 3 atom stereocenters. The zero-order valence-corrected chi connectivity index (χ0v) is 33.4. The molecule has 5 aromatic carbocycles. The molecule has 10 nitrogen and oxygen atoms in total. The topological polar surface area (TPSA) is 158 Å². The second-order valence-corrected chi connectivity index (χ2v) is 16.4. The smallest absolute Gasteiger partial charge is 0.407 e. The number of hydrogen-bond acceptors (Lipinski definition) is 8. The SMILES string of the molecule is CC(C)(C)OC(=O)N[C@H](CNC1CCOc2c(C(=O)N[C@@H](Cc3ccc(N)cc3)C(N)=O)cccc21)CSC(c1ccccc1)(c1ccccc1)c1ccccc1. The van der Waals surface area contributed by atoms with Crippen molar-refractivity contribution in [3.63, 3.8) is 0 Å². The zero-order chi connectivity index (χ0) is 40.4. The number of amides is 3. The molecule has 5 aromatic rings. The van der Waals surface area contributed by atoms with Gasteiger partial charge in [-0.3, -0.25) is 9.59 Å². The molecule has 0 spiro atoms. The summed E-state index contributed by atoms with van der Waals surface area (Å²) >= 11 is 1.75. The number of para-hydroxylation sites is 1. The number of primary amides is 1. The summed E-state index contributed by atoms with van der Waals surface area (Å²) in [6.07, 6.45) is 0.341. The number of carbonyl (C=O) groups excluding carboxylic acids is 3. The fourth-order valence-electron chi connectivity index (χ4n) is 7.07. The first-order valence-electron chi connectivity index (χ1n) is 19.2. The van der Waals surface area contributed by atoms with Crippen molar-refractivity contribution in [2.45, 2.75) is 62.1 Å². The molecule has 1 aliphatic heterocycles. The Labute approximate surface area is 339 Å². The van der Waals surface area contributed by atoms with Crippen LogP contribution in [0.1, 0.15) is 71.4 Å². The normalized spacial score (nSPS) is 15.0. The largest absolute Gasteiger partial charge is 0.492 e. The lowest BCUT2D eigenvalue weighted by molar-refractivity contribution is -0.119. The molecule has 3 amide bonds. The highest BCUT2D eigenvalue weighted by Gasteiger charge is 2.38. The highest BCUT2D eigenvalue weighted by atomic mass is 32.2. The summed E-state index contributed by atoms with van der Waals surface area (Å²) in [6.45, 7) is 6.28. The Bertz CT molecular complexity index is 2010. The average molecular weight is 786 g/mol. The Morgan fingerprint density at radius 3 is 1.91 bits per heavy atom. The van der Waals surface area contributed by atoms with Gasteiger partial charge in [-0.05, 0) is 61.2 Å². The summed E-state index contributed by atoms with van der Waals surface area (Å²) in [6, 6.07) is 42.3. The number of rotatable bonds is 15. The summed E-state index contributed by atoms with van der Waals surface area (Å²) in [5.74, 6) is -0.155. The minimum absolute atomic E-state index is 0.196. The number of fused-ring (bicyclic) bond motifs is 1. The maximum atomic E-state index is 13.7. The van der Waals surface area contributed by atoms with Gasteiger partial charge in [-0.25, -0.2) is 4.79 Å². The maximum Gasteiger partial charge on any atom is 0.407 e. The number of alkyl carbamates (subject to hydrolysis) is 1. The highest BCUT2D eigenvalue weighted by Crippen LogP contribution is 2.48. The van der Waals surface area contributed by atoms with Crippen molar-refractivity contribution in [1.29, 1.82) is 0 Å². The zero-order valence-electron chi connectivity index (χ0n) is 32.6. The van der Waals surface area contributed by atoms with E-state index in [9.17, 15) is 14.4 Å². The van der Waals surface area contributed by atoms with Crippen molar-refractivity contribution in [2.24, 2.45) is 5.73 Å². The number of anilines is 1. The van der Waals surface area contributed by atoms with Gasteiger partial charge >= 0.3 is 6.09 Å². The lowest BCUT2D eigenvalue weighted by Crippen LogP contribution is -2.47. The third kappa shape index (κ3) is 10.3. The van der Waals surface area contributed by atoms with Crippen molar-refractivity contribution in [2.75, 3.05) is 24.6 Å². The van der Waals surface area contributed by atoms with Crippen LogP contribution in [0.5, 0.6) is 5.75 Å². The van der Waals surface area contributed by atoms with Gasteiger partial charge in [0.1, 0.15) is 17.4 Å². The molecule has 11 heteroatoms. The van der Waals surface area contributed by atoms with Gasteiger partial charge in [-0.2, -0.15) is 0 Å². The number of carbonyl (C=O) groups is 3. The summed E-state index contributed by atoms with van der Waals surface area (Å²) in [5, 5.41) is 9.66. The molecule has 7 N–H and O–H groups in total. The summed E-state index contributed by atoms with van der Waals surface area (Å²) in [4.78, 5) is 39.5. The van der Waals surface area contributed by atoms with Gasteiger partial charge in [0.2, 0.25) is 5.91 Å². The Hall–Kier alpha value is -5.78. The van der Waals surface area contributed by atoms with E-state index >= 15 is 0 Å². The molecular weight excluding hydrogens is 735 g/mol. The molecule has 1 heterocycles. The van der Waals surface area contributed by atoms with Crippen LogP contribution in [0.15, 0.2) is 133 Å². The number of thioether (sulfide) groups is 1. The molecule has 0 radical (unpaired) electrons. The van der Waals surface area contributed by atoms with Crippen LogP contribution in [0.3, 0.4) is 0 Å². The van der Waals surface area contributed by atoms with Crippen LogP contribution >= 0.6 is 11.8 Å². The van der Waals surface area contributed by atoms with Crippen molar-refractivity contribution in [3.8, 4) is 5.75 Å². The monoisotopic (exact) mass is 785 g/mol. The summed E-state index contributed by atoms with van der Waals surface area (Å²) in [7, 11) is 0. The van der Waals surface area contributed by atoms with Crippen LogP contribution in [0.2, 0.25) is 0 Å². The maximum absolute atomic E-state index is 13.7. The molecule has 0 saturated carbocycles. The molecule has 6 rings (SSSR count). The first kappa shape index (κ1) is 40.9. The van der Waals surface area contributed by atoms with Gasteiger partial charge in [0.15, 0.2) is 0 Å². The lowest BCUT2D eigenvalue weighted by atomic mass is 9.84. The Morgan fingerprint density at radius 2 is 1.37 bits per heavy atom. The van der Waals surface area contributed by atoms with Crippen LogP contribution in [0.4, 0.5) is 10.5 Å². The van der Waals surface area contributed by atoms with Gasteiger partial charge in [-0.15, -0.1) is 11.8 Å². The van der Waals surface area contributed by atoms with E-state index in [1.54, 1.807) is 48.2 Å². The van der Waals surface area contributed by atoms with E-state index < -0.39 is 34.3 Å². The van der Waals surface area contributed by atoms with Crippen LogP contribution in [-0.2, 0) is 20.7 Å². The Kier molecular flexibility index (Phi) is 13.2. The van der Waals surface area contributed by atoms with Gasteiger partial charge in [0.05, 0.1) is 23.0 Å². The molecule has 1 aliphatic rings. The quantitative estimate of drug-likeness (QED) is 0.0555. The van der Waals surface area contributed by atoms with E-state index in [4.69, 9.17) is 20.9 Å². The summed E-state index contributed by atoms with van der Waals surface area (Å²) in [5.41, 5.74) is 16.7. The molecule has 0 aromatic heterocycles. The molecular formula is C46H51N5O5S. The average Bonchev–Trinajstić information content (AvgIpc) is 3.20. The number of hydrogen-bond donors (Lipinski definition) is 5. The van der Waals surface area contributed by atoms with Crippen molar-refractivity contribution in [1.82, 2.24) is 16.0 Å². The second kappa shape index (κ2) is 18.4. The third-order valence-electron chi connectivity index (χ3n) is 9.76. The van der Waals surface area contributed by atoms with Crippen LogP contribution in [0, 0.1) is 0 Å². The fraction of sp³-hybridized carbons (Fsp3) is 0.283. The minimum atomic E-state index is -0.943. The van der Waals surface area contributed by atoms with Crippen molar-refractivity contribution < 1.29 is 23.9 Å². The van der Waals surface area contributed by atoms with E-state index in [1.165, 1.54) is 0 Å². The number of nitrogen functional groups attached to an aromatic ring is 1. The third-order valence-corrected chi connectivity index (χ3v) is 11.5. The Balaban J connectivity index is 1.25. The van der Waals surface area contributed by atoms with Crippen molar-refractivity contribution >= 4 is 35.4 Å². The van der Waals surface area contributed by atoms with Gasteiger partial charge in [0.25, 0.3) is 5.91 Å². The Morgan fingerprint density at radius 1 is 0.789 bits per heavy atom. The van der Waals surface area contributed by atoms with E-state index in [1.807, 2.05) is 45.0 Å². The van der Waals surface area contributed by atoms with E-state index in [-0.39, 0.29) is 18.5 Å². The first-order valence-corrected chi connectivity index (χ1v) is 20.2. The number of nitrogens with one attached hydrogen (secondary N) is 3. The molecule has 296 valence electrons. The van der Waals surface area contributed by atoms with E-state index in [0.29, 0.717) is 42.3 Å². The molecule has 0 aliphatic carbocycles. The lowest BCUT2D eigenvalue weighted by Gasteiger charge is -2.37. The second-order valence-electron chi connectivity index (χ2n) is 15.1. The predicted octanol–water partition coefficient (Wildman–Crippen LogP) is 7.13. The predicted molar refractivity (Wildman–Crippen MR) is 227 cm³/mol. The van der Waals surface area contributed by atoms with Crippen LogP contribution in [-0.4, -0.2) is 54.5 Å². The van der Waals surface area contributed by atoms with Crippen LogP contribution in [0.25, 0.3) is 0 Å². The number of ether oxygens (including phenoxy) is 2. The first-order chi connectivity index (χ1) is 27.4. The van der Waals surface area contributed by atoms with Gasteiger partial charge in [-0.1, -0.05) is 115 Å². The standard InChI is InChI=1S/C46H51N5O5S/c1-45(2,3)56-44(54)50-36(30-57-46(32-14-7-4-8-15-32,33-16-9-5-10-17-33)34-18-11-6-12-19-34)29-49-39-26-27-55-41-37(39)20-13-21-38(41)43(53)51-40(42(48)52)28-31-22-24-35(47)25-23-31/h4-25,36,39-40,49H,26-30,47H2,1-3H3,(H2,48,52)(H,50,54)(H,51,53)/t36-,39?,40+/m1/s1. The number of benzene rings is 5. The van der Waals surface area contributed by atoms with E-state index in [2.05, 4.69) is 88.7 Å². The van der Waals surface area contributed by atoms with Gasteiger partial charge in [0, 0.05) is 42.4 Å². The molecule has 57 heavy (non-hydrogen) atoms.